The number of pyridine rings is 1. The van der Waals surface area contributed by atoms with Crippen molar-refractivity contribution in [1.82, 2.24) is 4.98 Å². The zero-order valence-corrected chi connectivity index (χ0v) is 12.3. The lowest BCUT2D eigenvalue weighted by Crippen LogP contribution is -1.95. The lowest BCUT2D eigenvalue weighted by molar-refractivity contribution is 0.460. The highest BCUT2D eigenvalue weighted by Gasteiger charge is 2.09. The van der Waals surface area contributed by atoms with E-state index in [0.717, 1.165) is 15.6 Å². The van der Waals surface area contributed by atoms with Gasteiger partial charge in [-0.3, -0.25) is 0 Å². The molecule has 0 unspecified atom stereocenters. The van der Waals surface area contributed by atoms with E-state index in [-0.39, 0.29) is 0 Å². The van der Waals surface area contributed by atoms with E-state index in [9.17, 15) is 0 Å². The maximum absolute atomic E-state index is 6.05. The van der Waals surface area contributed by atoms with Gasteiger partial charge in [0.25, 0.3) is 0 Å². The average Bonchev–Trinajstić information content (AvgIpc) is 2.29. The van der Waals surface area contributed by atoms with E-state index in [1.54, 1.807) is 18.3 Å². The largest absolute Gasteiger partial charge is 0.437 e. The Hall–Kier alpha value is -1.26. The van der Waals surface area contributed by atoms with Crippen LogP contribution in [0.1, 0.15) is 11.1 Å². The predicted molar refractivity (Wildman–Crippen MR) is 77.3 cm³/mol. The number of hydrogen-bond donors (Lipinski definition) is 1. The van der Waals surface area contributed by atoms with Gasteiger partial charge >= 0.3 is 0 Å². The van der Waals surface area contributed by atoms with Crippen molar-refractivity contribution in [3.05, 3.63) is 45.0 Å². The van der Waals surface area contributed by atoms with Gasteiger partial charge in [-0.1, -0.05) is 17.7 Å². The number of aryl methyl sites for hydroxylation is 2. The van der Waals surface area contributed by atoms with Gasteiger partial charge in [-0.25, -0.2) is 4.98 Å². The van der Waals surface area contributed by atoms with Crippen molar-refractivity contribution in [2.45, 2.75) is 13.8 Å². The van der Waals surface area contributed by atoms with Gasteiger partial charge in [-0.15, -0.1) is 0 Å². The Labute approximate surface area is 119 Å². The first kappa shape index (κ1) is 13.2. The number of aromatic nitrogens is 1. The van der Waals surface area contributed by atoms with Crippen molar-refractivity contribution in [2.75, 3.05) is 5.73 Å². The van der Waals surface area contributed by atoms with E-state index in [2.05, 4.69) is 20.9 Å². The summed E-state index contributed by atoms with van der Waals surface area (Å²) in [7, 11) is 0. The van der Waals surface area contributed by atoms with Crippen LogP contribution in [0.4, 0.5) is 5.69 Å². The lowest BCUT2D eigenvalue weighted by Gasteiger charge is -2.11. The number of nitrogens with zero attached hydrogens (tertiary/aromatic N) is 1. The normalized spacial score (nSPS) is 10.4. The maximum atomic E-state index is 6.05. The Kier molecular flexibility index (Phi) is 3.78. The summed E-state index contributed by atoms with van der Waals surface area (Å²) in [6.45, 7) is 3.91. The van der Waals surface area contributed by atoms with Crippen molar-refractivity contribution in [1.29, 1.82) is 0 Å². The molecule has 0 aliphatic heterocycles. The smallest absolute Gasteiger partial charge is 0.238 e. The summed E-state index contributed by atoms with van der Waals surface area (Å²) in [6, 6.07) is 5.49. The summed E-state index contributed by atoms with van der Waals surface area (Å²) in [5.74, 6) is 1.03. The van der Waals surface area contributed by atoms with Crippen LogP contribution in [0, 0.1) is 13.8 Å². The molecule has 18 heavy (non-hydrogen) atoms. The Morgan fingerprint density at radius 3 is 2.61 bits per heavy atom. The Balaban J connectivity index is 2.37. The van der Waals surface area contributed by atoms with Crippen molar-refractivity contribution in [3.8, 4) is 11.6 Å². The van der Waals surface area contributed by atoms with Gasteiger partial charge < -0.3 is 10.5 Å². The number of ether oxygens (including phenoxy) is 1. The van der Waals surface area contributed by atoms with Gasteiger partial charge in [-0.2, -0.15) is 0 Å². The van der Waals surface area contributed by atoms with Gasteiger partial charge in [0.15, 0.2) is 0 Å². The number of hydrogen-bond acceptors (Lipinski definition) is 3. The molecule has 0 bridgehead atoms. The molecule has 0 saturated heterocycles. The molecule has 0 aliphatic rings. The van der Waals surface area contributed by atoms with E-state index in [0.29, 0.717) is 22.3 Å². The fourth-order valence-corrected chi connectivity index (χ4v) is 2.21. The van der Waals surface area contributed by atoms with E-state index in [1.807, 2.05) is 19.9 Å². The second kappa shape index (κ2) is 5.16. The summed E-state index contributed by atoms with van der Waals surface area (Å²) in [5.41, 5.74) is 8.56. The van der Waals surface area contributed by atoms with E-state index in [4.69, 9.17) is 22.1 Å². The second-order valence-electron chi connectivity index (χ2n) is 4.02. The molecule has 5 heteroatoms. The molecule has 94 valence electrons. The number of anilines is 1. The van der Waals surface area contributed by atoms with Crippen LogP contribution in [0.25, 0.3) is 0 Å². The van der Waals surface area contributed by atoms with Crippen LogP contribution in [-0.2, 0) is 0 Å². The lowest BCUT2D eigenvalue weighted by atomic mass is 10.1. The molecular weight excluding hydrogens is 316 g/mol. The molecule has 2 N–H and O–H groups in total. The van der Waals surface area contributed by atoms with Crippen molar-refractivity contribution >= 4 is 33.2 Å². The minimum absolute atomic E-state index is 0.367. The van der Waals surface area contributed by atoms with E-state index >= 15 is 0 Å². The summed E-state index contributed by atoms with van der Waals surface area (Å²) >= 11 is 9.35. The van der Waals surface area contributed by atoms with E-state index in [1.165, 1.54) is 0 Å². The molecule has 2 aromatic rings. The summed E-state index contributed by atoms with van der Waals surface area (Å²) in [4.78, 5) is 4.12. The summed E-state index contributed by atoms with van der Waals surface area (Å²) in [6.07, 6.45) is 1.63. The molecule has 0 aliphatic carbocycles. The number of halogens is 2. The number of rotatable bonds is 2. The van der Waals surface area contributed by atoms with Crippen molar-refractivity contribution < 1.29 is 4.74 Å². The van der Waals surface area contributed by atoms with Crippen LogP contribution in [0.2, 0.25) is 5.02 Å². The zero-order valence-electron chi connectivity index (χ0n) is 10.00. The van der Waals surface area contributed by atoms with Crippen molar-refractivity contribution in [3.63, 3.8) is 0 Å². The molecule has 0 saturated carbocycles. The average molecular weight is 328 g/mol. The Morgan fingerprint density at radius 1 is 1.22 bits per heavy atom. The quantitative estimate of drug-likeness (QED) is 0.827. The predicted octanol–water partition coefficient (Wildman–Crippen LogP) is 4.49. The zero-order chi connectivity index (χ0) is 13.3. The minimum atomic E-state index is 0.367. The third kappa shape index (κ3) is 2.76. The van der Waals surface area contributed by atoms with Crippen LogP contribution in [-0.4, -0.2) is 4.98 Å². The molecule has 0 spiro atoms. The fourth-order valence-electron chi connectivity index (χ4n) is 1.54. The maximum Gasteiger partial charge on any atom is 0.238 e. The Morgan fingerprint density at radius 2 is 1.94 bits per heavy atom. The monoisotopic (exact) mass is 326 g/mol. The highest BCUT2D eigenvalue weighted by molar-refractivity contribution is 9.10. The first-order chi connectivity index (χ1) is 8.47. The molecule has 1 aromatic carbocycles. The molecular formula is C13H12BrClN2O. The summed E-state index contributed by atoms with van der Waals surface area (Å²) in [5, 5.41) is 0.447. The standard InChI is InChI=1S/C13H12BrClN2O/c1-7-3-8(2)12(5-11(7)16)18-13-10(15)4-9(14)6-17-13/h3-6H,16H2,1-2H3. The van der Waals surface area contributed by atoms with Gasteiger partial charge in [0.1, 0.15) is 10.8 Å². The molecule has 0 radical (unpaired) electrons. The number of benzene rings is 1. The number of nitrogen functional groups attached to an aromatic ring is 1. The highest BCUT2D eigenvalue weighted by Crippen LogP contribution is 2.32. The summed E-state index contributed by atoms with van der Waals surface area (Å²) < 4.78 is 6.49. The van der Waals surface area contributed by atoms with Crippen LogP contribution >= 0.6 is 27.5 Å². The molecule has 1 aromatic heterocycles. The third-order valence-electron chi connectivity index (χ3n) is 2.54. The van der Waals surface area contributed by atoms with Crippen LogP contribution < -0.4 is 10.5 Å². The van der Waals surface area contributed by atoms with Gasteiger partial charge in [0, 0.05) is 22.4 Å². The first-order valence-corrected chi connectivity index (χ1v) is 6.50. The van der Waals surface area contributed by atoms with Gasteiger partial charge in [0.2, 0.25) is 5.88 Å². The molecule has 1 heterocycles. The minimum Gasteiger partial charge on any atom is -0.437 e. The first-order valence-electron chi connectivity index (χ1n) is 5.33. The van der Waals surface area contributed by atoms with Crippen LogP contribution in [0.3, 0.4) is 0 Å². The molecule has 3 nitrogen and oxygen atoms in total. The molecule has 2 rings (SSSR count). The van der Waals surface area contributed by atoms with Gasteiger partial charge in [0.05, 0.1) is 0 Å². The highest BCUT2D eigenvalue weighted by atomic mass is 79.9. The molecule has 0 fully saturated rings. The van der Waals surface area contributed by atoms with E-state index < -0.39 is 0 Å². The third-order valence-corrected chi connectivity index (χ3v) is 3.25. The number of nitrogens with two attached hydrogens (primary N) is 1. The fraction of sp³-hybridized carbons (Fsp3) is 0.154. The molecule has 0 atom stereocenters. The Bertz CT molecular complexity index is 602. The topological polar surface area (TPSA) is 48.1 Å². The molecule has 0 amide bonds. The van der Waals surface area contributed by atoms with Gasteiger partial charge in [-0.05, 0) is 47.0 Å². The van der Waals surface area contributed by atoms with Crippen LogP contribution in [0.5, 0.6) is 11.6 Å². The van der Waals surface area contributed by atoms with Crippen LogP contribution in [0.15, 0.2) is 28.9 Å². The second-order valence-corrected chi connectivity index (χ2v) is 5.34. The SMILES string of the molecule is Cc1cc(C)c(Oc2ncc(Br)cc2Cl)cc1N. The van der Waals surface area contributed by atoms with Crippen molar-refractivity contribution in [2.24, 2.45) is 0 Å².